The maximum absolute atomic E-state index is 12.4. The molecule has 0 aliphatic heterocycles. The summed E-state index contributed by atoms with van der Waals surface area (Å²) in [6, 6.07) is 0.234. The van der Waals surface area contributed by atoms with E-state index in [0.717, 1.165) is 51.4 Å². The lowest BCUT2D eigenvalue weighted by Gasteiger charge is -2.31. The summed E-state index contributed by atoms with van der Waals surface area (Å²) < 4.78 is 24.8. The first-order valence-corrected chi connectivity index (χ1v) is 8.20. The minimum absolute atomic E-state index is 0. The molecule has 0 saturated heterocycles. The number of hydrogen-bond donors (Lipinski definition) is 1. The van der Waals surface area contributed by atoms with E-state index in [-0.39, 0.29) is 28.9 Å². The quantitative estimate of drug-likeness (QED) is 0.846. The molecule has 3 nitrogen and oxygen atoms in total. The third kappa shape index (κ3) is 3.58. The molecule has 0 atom stereocenters. The Kier molecular flexibility index (Phi) is 5.74. The van der Waals surface area contributed by atoms with Crippen LogP contribution in [0, 0.1) is 0 Å². The lowest BCUT2D eigenvalue weighted by molar-refractivity contribution is 0.420. The van der Waals surface area contributed by atoms with Gasteiger partial charge in [0.1, 0.15) is 0 Å². The second kappa shape index (κ2) is 6.39. The molecule has 0 bridgehead atoms. The van der Waals surface area contributed by atoms with Crippen molar-refractivity contribution in [2.24, 2.45) is 5.73 Å². The van der Waals surface area contributed by atoms with E-state index in [1.54, 1.807) is 0 Å². The summed E-state index contributed by atoms with van der Waals surface area (Å²) in [6.45, 7) is 0. The molecule has 0 aromatic rings. The molecule has 2 N–H and O–H groups in total. The Balaban J connectivity index is 0.00000144. The fraction of sp³-hybridized carbons (Fsp3) is 1.00. The van der Waals surface area contributed by atoms with Crippen LogP contribution in [0.1, 0.15) is 57.8 Å². The first-order valence-electron chi connectivity index (χ1n) is 6.59. The van der Waals surface area contributed by atoms with Gasteiger partial charge in [-0.25, -0.2) is 8.42 Å². The van der Waals surface area contributed by atoms with Crippen LogP contribution in [0.25, 0.3) is 0 Å². The van der Waals surface area contributed by atoms with E-state index in [0.29, 0.717) is 0 Å². The molecule has 0 spiro atoms. The largest absolute Gasteiger partial charge is 0.328 e. The number of sulfone groups is 1. The maximum Gasteiger partial charge on any atom is 0.156 e. The standard InChI is InChI=1S/C12H23NO2S.ClH/c13-10-6-8-12(9-7-10)16(14,15)11-4-2-1-3-5-11;/h10-12H,1-9,13H2;1H. The van der Waals surface area contributed by atoms with Gasteiger partial charge in [0.15, 0.2) is 9.84 Å². The van der Waals surface area contributed by atoms with Crippen LogP contribution < -0.4 is 5.73 Å². The highest BCUT2D eigenvalue weighted by Gasteiger charge is 2.36. The second-order valence-electron chi connectivity index (χ2n) is 5.39. The molecule has 0 unspecified atom stereocenters. The van der Waals surface area contributed by atoms with Crippen LogP contribution in [-0.2, 0) is 9.84 Å². The summed E-state index contributed by atoms with van der Waals surface area (Å²) in [5.41, 5.74) is 5.82. The molecule has 0 heterocycles. The van der Waals surface area contributed by atoms with E-state index in [9.17, 15) is 8.42 Å². The smallest absolute Gasteiger partial charge is 0.156 e. The van der Waals surface area contributed by atoms with Crippen LogP contribution in [0.15, 0.2) is 0 Å². The third-order valence-corrected chi connectivity index (χ3v) is 7.00. The van der Waals surface area contributed by atoms with E-state index in [2.05, 4.69) is 0 Å². The highest BCUT2D eigenvalue weighted by atomic mass is 35.5. The fourth-order valence-corrected chi connectivity index (χ4v) is 5.55. The van der Waals surface area contributed by atoms with Gasteiger partial charge in [0.25, 0.3) is 0 Å². The predicted octanol–water partition coefficient (Wildman–Crippen LogP) is 2.43. The molecule has 17 heavy (non-hydrogen) atoms. The van der Waals surface area contributed by atoms with Crippen molar-refractivity contribution in [3.8, 4) is 0 Å². The van der Waals surface area contributed by atoms with E-state index in [1.165, 1.54) is 6.42 Å². The molecule has 0 aromatic carbocycles. The summed E-state index contributed by atoms with van der Waals surface area (Å²) in [6.07, 6.45) is 8.54. The zero-order valence-electron chi connectivity index (χ0n) is 10.3. The number of nitrogens with two attached hydrogens (primary N) is 1. The molecule has 2 fully saturated rings. The van der Waals surface area contributed by atoms with Crippen LogP contribution in [0.3, 0.4) is 0 Å². The SMILES string of the molecule is Cl.NC1CCC(S(=O)(=O)C2CCCCC2)CC1. The summed E-state index contributed by atoms with van der Waals surface area (Å²) >= 11 is 0. The van der Waals surface area contributed by atoms with Crippen LogP contribution in [0.2, 0.25) is 0 Å². The Morgan fingerprint density at radius 3 is 1.76 bits per heavy atom. The minimum atomic E-state index is -2.86. The summed E-state index contributed by atoms with van der Waals surface area (Å²) in [4.78, 5) is 0. The molecule has 0 amide bonds. The maximum atomic E-state index is 12.4. The molecule has 5 heteroatoms. The topological polar surface area (TPSA) is 60.2 Å². The molecule has 2 saturated carbocycles. The predicted molar refractivity (Wildman–Crippen MR) is 73.3 cm³/mol. The highest BCUT2D eigenvalue weighted by molar-refractivity contribution is 7.92. The average Bonchev–Trinajstić information content (AvgIpc) is 2.31. The average molecular weight is 282 g/mol. The molecule has 2 aliphatic rings. The molecule has 0 aromatic heterocycles. The van der Waals surface area contributed by atoms with Crippen molar-refractivity contribution in [1.29, 1.82) is 0 Å². The molecule has 2 rings (SSSR count). The van der Waals surface area contributed by atoms with Crippen molar-refractivity contribution in [3.63, 3.8) is 0 Å². The van der Waals surface area contributed by atoms with Gasteiger partial charge in [0, 0.05) is 6.04 Å². The molecule has 0 radical (unpaired) electrons. The van der Waals surface area contributed by atoms with Gasteiger partial charge >= 0.3 is 0 Å². The van der Waals surface area contributed by atoms with Crippen molar-refractivity contribution in [3.05, 3.63) is 0 Å². The minimum Gasteiger partial charge on any atom is -0.328 e. The van der Waals surface area contributed by atoms with Crippen molar-refractivity contribution < 1.29 is 8.42 Å². The van der Waals surface area contributed by atoms with Crippen LogP contribution in [-0.4, -0.2) is 25.0 Å². The molecular weight excluding hydrogens is 258 g/mol. The monoisotopic (exact) mass is 281 g/mol. The number of hydrogen-bond acceptors (Lipinski definition) is 3. The summed E-state index contributed by atoms with van der Waals surface area (Å²) in [7, 11) is -2.86. The van der Waals surface area contributed by atoms with Gasteiger partial charge < -0.3 is 5.73 Å². The lowest BCUT2D eigenvalue weighted by atomic mass is 9.96. The fourth-order valence-electron chi connectivity index (χ4n) is 3.08. The Morgan fingerprint density at radius 2 is 1.24 bits per heavy atom. The second-order valence-corrected chi connectivity index (χ2v) is 7.90. The highest BCUT2D eigenvalue weighted by Crippen LogP contribution is 2.32. The first kappa shape index (κ1) is 15.3. The van der Waals surface area contributed by atoms with Gasteiger partial charge in [-0.3, -0.25) is 0 Å². The van der Waals surface area contributed by atoms with Crippen molar-refractivity contribution in [2.75, 3.05) is 0 Å². The van der Waals surface area contributed by atoms with Crippen LogP contribution in [0.4, 0.5) is 0 Å². The van der Waals surface area contributed by atoms with Gasteiger partial charge in [0.2, 0.25) is 0 Å². The Morgan fingerprint density at radius 1 is 0.765 bits per heavy atom. The Labute approximate surface area is 111 Å². The van der Waals surface area contributed by atoms with Gasteiger partial charge in [0.05, 0.1) is 10.5 Å². The zero-order chi connectivity index (χ0) is 11.6. The van der Waals surface area contributed by atoms with Crippen LogP contribution in [0.5, 0.6) is 0 Å². The summed E-state index contributed by atoms with van der Waals surface area (Å²) in [5, 5.41) is -0.129. The van der Waals surface area contributed by atoms with Gasteiger partial charge in [-0.05, 0) is 38.5 Å². The van der Waals surface area contributed by atoms with E-state index >= 15 is 0 Å². The van der Waals surface area contributed by atoms with Gasteiger partial charge in [-0.1, -0.05) is 19.3 Å². The van der Waals surface area contributed by atoms with E-state index < -0.39 is 9.84 Å². The Hall–Kier alpha value is 0.200. The van der Waals surface area contributed by atoms with Crippen LogP contribution >= 0.6 is 12.4 Å². The summed E-state index contributed by atoms with van der Waals surface area (Å²) in [5.74, 6) is 0. The first-order chi connectivity index (χ1) is 7.60. The third-order valence-electron chi connectivity index (χ3n) is 4.20. The van der Waals surface area contributed by atoms with Crippen molar-refractivity contribution in [1.82, 2.24) is 0 Å². The van der Waals surface area contributed by atoms with E-state index in [4.69, 9.17) is 5.73 Å². The van der Waals surface area contributed by atoms with Crippen molar-refractivity contribution >= 4 is 22.2 Å². The Bertz CT molecular complexity index is 317. The molecule has 2 aliphatic carbocycles. The normalized spacial score (nSPS) is 31.8. The van der Waals surface area contributed by atoms with Crippen molar-refractivity contribution in [2.45, 2.75) is 74.3 Å². The zero-order valence-corrected chi connectivity index (χ0v) is 11.9. The van der Waals surface area contributed by atoms with Gasteiger partial charge in [-0.2, -0.15) is 0 Å². The van der Waals surface area contributed by atoms with Gasteiger partial charge in [-0.15, -0.1) is 12.4 Å². The number of rotatable bonds is 2. The number of halogens is 1. The van der Waals surface area contributed by atoms with E-state index in [1.807, 2.05) is 0 Å². The molecular formula is C12H24ClNO2S. The molecule has 102 valence electrons. The lowest BCUT2D eigenvalue weighted by Crippen LogP contribution is -2.38.